The molecule has 0 radical (unpaired) electrons. The summed E-state index contributed by atoms with van der Waals surface area (Å²) in [6.07, 6.45) is 12.0. The fourth-order valence-corrected chi connectivity index (χ4v) is 19.6. The van der Waals surface area contributed by atoms with Gasteiger partial charge >= 0.3 is 0 Å². The van der Waals surface area contributed by atoms with Gasteiger partial charge in [0.25, 0.3) is 6.71 Å². The number of rotatable bonds is 4. The van der Waals surface area contributed by atoms with Crippen LogP contribution in [0.5, 0.6) is 0 Å². The second-order valence-electron chi connectivity index (χ2n) is 31.0. The molecule has 1 spiro atoms. The summed E-state index contributed by atoms with van der Waals surface area (Å²) in [5.74, 6) is 0. The van der Waals surface area contributed by atoms with Gasteiger partial charge in [-0.3, -0.25) is 0 Å². The van der Waals surface area contributed by atoms with E-state index in [0.29, 0.717) is 0 Å². The van der Waals surface area contributed by atoms with Crippen LogP contribution in [-0.2, 0) is 32.5 Å². The Labute approximate surface area is 508 Å². The monoisotopic (exact) mass is 1130 g/mol. The SMILES string of the molecule is CC(C)(C)c1ccc(N(c2cc3c4c(c2)N2c5c(cc(C(C)(C)C)cc5C5(C)CCCCC25C)B4c2sc4cc5c(cc4c2N3c2ccc3c(c2)C2(CCCC2)c2ccccc2-3)C(C)(C)CCC5(C)C)c2cccc3c2oc2ccccc23)cc1. The second-order valence-corrected chi connectivity index (χ2v) is 32.0. The number of para-hydroxylation sites is 2. The molecule has 2 atom stereocenters. The molecule has 10 aromatic rings. The molecule has 0 N–H and O–H groups in total. The first-order valence-corrected chi connectivity index (χ1v) is 33.1. The molecule has 5 heterocycles. The highest BCUT2D eigenvalue weighted by Crippen LogP contribution is 2.65. The fourth-order valence-electron chi connectivity index (χ4n) is 18.2. The van der Waals surface area contributed by atoms with Gasteiger partial charge in [-0.2, -0.15) is 0 Å². The fraction of sp³-hybridized carbons (Fsp3) is 0.367. The first-order chi connectivity index (χ1) is 40.6. The Bertz CT molecular complexity index is 4530. The van der Waals surface area contributed by atoms with E-state index < -0.39 is 0 Å². The number of thiophene rings is 1. The maximum Gasteiger partial charge on any atom is 0.264 e. The summed E-state index contributed by atoms with van der Waals surface area (Å²) in [5, 5.41) is 3.66. The van der Waals surface area contributed by atoms with Gasteiger partial charge in [0.2, 0.25) is 0 Å². The predicted molar refractivity (Wildman–Crippen MR) is 363 cm³/mol. The van der Waals surface area contributed by atoms with Crippen LogP contribution < -0.4 is 30.4 Å². The topological polar surface area (TPSA) is 22.9 Å². The number of hydrogen-bond acceptors (Lipinski definition) is 5. The third-order valence-electron chi connectivity index (χ3n) is 23.3. The lowest BCUT2D eigenvalue weighted by Crippen LogP contribution is -2.64. The summed E-state index contributed by atoms with van der Waals surface area (Å²) in [4.78, 5) is 8.35. The van der Waals surface area contributed by atoms with Crippen LogP contribution in [0.25, 0.3) is 43.2 Å². The van der Waals surface area contributed by atoms with Crippen molar-refractivity contribution >= 4 is 111 Å². The molecule has 2 fully saturated rings. The minimum Gasteiger partial charge on any atom is -0.454 e. The van der Waals surface area contributed by atoms with Crippen LogP contribution in [0.1, 0.15) is 186 Å². The maximum atomic E-state index is 7.12. The average molecular weight is 1130 g/mol. The highest BCUT2D eigenvalue weighted by atomic mass is 32.1. The Balaban J connectivity index is 1.03. The smallest absolute Gasteiger partial charge is 0.264 e. The molecular formula is C79H80BN3OS. The Kier molecular flexibility index (Phi) is 10.6. The van der Waals surface area contributed by atoms with Crippen molar-refractivity contribution in [2.24, 2.45) is 0 Å². The van der Waals surface area contributed by atoms with E-state index >= 15 is 0 Å². The van der Waals surface area contributed by atoms with Crippen LogP contribution >= 0.6 is 11.3 Å². The van der Waals surface area contributed by atoms with Gasteiger partial charge < -0.3 is 19.1 Å². The molecule has 85 heavy (non-hydrogen) atoms. The van der Waals surface area contributed by atoms with Gasteiger partial charge in [-0.05, 0) is 189 Å². The first kappa shape index (κ1) is 52.3. The van der Waals surface area contributed by atoms with Crippen molar-refractivity contribution in [2.75, 3.05) is 14.7 Å². The number of hydrogen-bond donors (Lipinski definition) is 0. The molecule has 4 aliphatic carbocycles. The predicted octanol–water partition coefficient (Wildman–Crippen LogP) is 20.4. The molecular weight excluding hydrogens is 1050 g/mol. The minimum absolute atomic E-state index is 0.00528. The van der Waals surface area contributed by atoms with Crippen molar-refractivity contribution < 1.29 is 4.42 Å². The van der Waals surface area contributed by atoms with Gasteiger partial charge in [-0.15, -0.1) is 11.3 Å². The number of benzene rings is 8. The van der Waals surface area contributed by atoms with E-state index in [1.807, 2.05) is 0 Å². The Morgan fingerprint density at radius 3 is 1.95 bits per heavy atom. The lowest BCUT2D eigenvalue weighted by molar-refractivity contribution is 0.195. The molecule has 17 rings (SSSR count). The van der Waals surface area contributed by atoms with Crippen molar-refractivity contribution in [3.63, 3.8) is 0 Å². The van der Waals surface area contributed by atoms with Crippen molar-refractivity contribution in [1.29, 1.82) is 0 Å². The zero-order valence-corrected chi connectivity index (χ0v) is 53.0. The van der Waals surface area contributed by atoms with Crippen LogP contribution in [0.4, 0.5) is 45.5 Å². The highest BCUT2D eigenvalue weighted by molar-refractivity contribution is 7.33. The summed E-state index contributed by atoms with van der Waals surface area (Å²) in [6.45, 7) is 29.7. The molecule has 8 aromatic carbocycles. The molecule has 6 heteroatoms. The van der Waals surface area contributed by atoms with Gasteiger partial charge in [0.1, 0.15) is 5.58 Å². The lowest BCUT2D eigenvalue weighted by atomic mass is 9.36. The maximum absolute atomic E-state index is 7.12. The van der Waals surface area contributed by atoms with Crippen molar-refractivity contribution in [3.05, 3.63) is 185 Å². The molecule has 2 unspecified atom stereocenters. The van der Waals surface area contributed by atoms with Crippen LogP contribution in [0.3, 0.4) is 0 Å². The van der Waals surface area contributed by atoms with Gasteiger partial charge in [0.15, 0.2) is 5.58 Å². The average Bonchev–Trinajstić information content (AvgIpc) is 1.67. The molecule has 0 bridgehead atoms. The third-order valence-corrected chi connectivity index (χ3v) is 24.5. The van der Waals surface area contributed by atoms with E-state index in [1.54, 1.807) is 5.56 Å². The molecule has 2 saturated carbocycles. The van der Waals surface area contributed by atoms with E-state index in [9.17, 15) is 0 Å². The molecule has 7 aliphatic rings. The third kappa shape index (κ3) is 6.93. The molecule has 0 amide bonds. The van der Waals surface area contributed by atoms with Crippen LogP contribution in [0.15, 0.2) is 150 Å². The van der Waals surface area contributed by atoms with Crippen molar-refractivity contribution in [3.8, 4) is 11.1 Å². The van der Waals surface area contributed by atoms with Crippen LogP contribution in [-0.4, -0.2) is 12.3 Å². The molecule has 4 nitrogen and oxygen atoms in total. The first-order valence-electron chi connectivity index (χ1n) is 32.2. The molecule has 2 aromatic heterocycles. The van der Waals surface area contributed by atoms with E-state index in [1.165, 1.54) is 157 Å². The van der Waals surface area contributed by atoms with E-state index in [0.717, 1.165) is 45.4 Å². The molecule has 426 valence electrons. The quantitative estimate of drug-likeness (QED) is 0.164. The summed E-state index contributed by atoms with van der Waals surface area (Å²) in [7, 11) is 0. The largest absolute Gasteiger partial charge is 0.454 e. The number of nitrogens with zero attached hydrogens (tertiary/aromatic N) is 3. The summed E-state index contributed by atoms with van der Waals surface area (Å²) in [5.41, 5.74) is 27.9. The standard InChI is InChI=1S/C79H80BN3OS/c1-73(2,3)47-28-30-49(31-29-47)81(63-26-21-24-55-54-23-14-16-27-66(54)84-71(55)63)51-43-64-68-65(44-51)83-70-61(77(11)34-17-18-35-78(77,83)12)40-48(74(4,5)6)41-62(70)80(68)72-69(56-45-59-60(46-67(56)85-72)76(9,10)39-38-75(59,7)8)82(64)50-32-33-53-52-22-13-15-25-57(52)79(58(53)42-50)36-19-20-37-79/h13-16,21-33,40-46H,17-20,34-39H2,1-12H3. The highest BCUT2D eigenvalue weighted by Gasteiger charge is 2.62. The summed E-state index contributed by atoms with van der Waals surface area (Å²) in [6, 6.07) is 58.1. The Morgan fingerprint density at radius 1 is 0.518 bits per heavy atom. The number of fused-ring (bicyclic) bond motifs is 18. The van der Waals surface area contributed by atoms with Gasteiger partial charge in [-0.1, -0.05) is 187 Å². The summed E-state index contributed by atoms with van der Waals surface area (Å²) < 4.78 is 10.0. The number of anilines is 8. The zero-order valence-electron chi connectivity index (χ0n) is 52.2. The molecule has 0 saturated heterocycles. The van der Waals surface area contributed by atoms with E-state index in [2.05, 4.69) is 255 Å². The number of furan rings is 1. The van der Waals surface area contributed by atoms with Crippen molar-refractivity contribution in [2.45, 2.75) is 185 Å². The van der Waals surface area contributed by atoms with Gasteiger partial charge in [-0.25, -0.2) is 0 Å². The minimum atomic E-state index is -0.177. The summed E-state index contributed by atoms with van der Waals surface area (Å²) >= 11 is 2.10. The zero-order chi connectivity index (χ0) is 58.3. The Morgan fingerprint density at radius 2 is 1.19 bits per heavy atom. The van der Waals surface area contributed by atoms with Crippen molar-refractivity contribution in [1.82, 2.24) is 0 Å². The second kappa shape index (κ2) is 17.2. The molecule has 3 aliphatic heterocycles. The van der Waals surface area contributed by atoms with E-state index in [-0.39, 0.29) is 44.7 Å². The van der Waals surface area contributed by atoms with Crippen LogP contribution in [0.2, 0.25) is 0 Å². The van der Waals surface area contributed by atoms with E-state index in [4.69, 9.17) is 4.42 Å². The van der Waals surface area contributed by atoms with Gasteiger partial charge in [0, 0.05) is 64.9 Å². The lowest BCUT2D eigenvalue weighted by Gasteiger charge is -2.52. The Hall–Kier alpha value is -7.02. The normalized spacial score (nSPS) is 21.7. The van der Waals surface area contributed by atoms with Crippen LogP contribution in [0, 0.1) is 0 Å². The van der Waals surface area contributed by atoms with Gasteiger partial charge in [0.05, 0.1) is 22.6 Å².